The van der Waals surface area contributed by atoms with Crippen LogP contribution < -0.4 is 10.1 Å². The lowest BCUT2D eigenvalue weighted by atomic mass is 10.1. The largest absolute Gasteiger partial charge is 0.497 e. The molecule has 1 amide bonds. The molecule has 0 saturated heterocycles. The average molecular weight is 347 g/mol. The van der Waals surface area contributed by atoms with Crippen LogP contribution in [0.3, 0.4) is 0 Å². The van der Waals surface area contributed by atoms with E-state index in [9.17, 15) is 13.2 Å². The summed E-state index contributed by atoms with van der Waals surface area (Å²) in [7, 11) is -1.99. The molecular weight excluding hydrogens is 326 g/mol. The summed E-state index contributed by atoms with van der Waals surface area (Å²) in [5, 5.41) is 2.77. The van der Waals surface area contributed by atoms with E-state index in [-0.39, 0.29) is 23.0 Å². The Morgan fingerprint density at radius 2 is 1.75 bits per heavy atom. The van der Waals surface area contributed by atoms with Gasteiger partial charge in [-0.1, -0.05) is 12.1 Å². The van der Waals surface area contributed by atoms with Crippen LogP contribution in [0.1, 0.15) is 17.5 Å². The Balaban J connectivity index is 2.00. The Hall–Kier alpha value is -2.34. The molecule has 2 aromatic carbocycles. The molecule has 0 atom stereocenters. The Kier molecular flexibility index (Phi) is 5.62. The number of amides is 1. The van der Waals surface area contributed by atoms with E-state index in [4.69, 9.17) is 4.74 Å². The van der Waals surface area contributed by atoms with E-state index in [1.165, 1.54) is 19.2 Å². The molecule has 0 aliphatic heterocycles. The molecule has 0 bridgehead atoms. The molecule has 0 heterocycles. The first kappa shape index (κ1) is 18.0. The number of anilines is 1. The van der Waals surface area contributed by atoms with Gasteiger partial charge in [-0.2, -0.15) is 0 Å². The van der Waals surface area contributed by atoms with E-state index >= 15 is 0 Å². The van der Waals surface area contributed by atoms with E-state index in [2.05, 4.69) is 5.32 Å². The first-order valence-electron chi connectivity index (χ1n) is 7.56. The highest BCUT2D eigenvalue weighted by Gasteiger charge is 2.17. The number of carbonyl (C=O) groups is 1. The maximum atomic E-state index is 12.3. The van der Waals surface area contributed by atoms with Crippen molar-refractivity contribution in [1.29, 1.82) is 0 Å². The molecule has 24 heavy (non-hydrogen) atoms. The monoisotopic (exact) mass is 347 g/mol. The lowest BCUT2D eigenvalue weighted by Gasteiger charge is -2.10. The van der Waals surface area contributed by atoms with Crippen molar-refractivity contribution in [3.05, 3.63) is 53.6 Å². The molecule has 0 aliphatic carbocycles. The van der Waals surface area contributed by atoms with Crippen LogP contribution in [0.4, 0.5) is 5.69 Å². The van der Waals surface area contributed by atoms with Crippen LogP contribution in [-0.2, 0) is 14.6 Å². The fourth-order valence-electron chi connectivity index (χ4n) is 2.23. The van der Waals surface area contributed by atoms with E-state index in [0.29, 0.717) is 11.4 Å². The van der Waals surface area contributed by atoms with Gasteiger partial charge in [0.2, 0.25) is 5.91 Å². The predicted molar refractivity (Wildman–Crippen MR) is 94.2 cm³/mol. The van der Waals surface area contributed by atoms with Gasteiger partial charge in [0.25, 0.3) is 0 Å². The number of benzene rings is 2. The lowest BCUT2D eigenvalue weighted by Crippen LogP contribution is -2.18. The van der Waals surface area contributed by atoms with E-state index < -0.39 is 9.84 Å². The van der Waals surface area contributed by atoms with Gasteiger partial charge in [0.05, 0.1) is 17.8 Å². The standard InChI is InChI=1S/C18H21NO4S/c1-13-5-4-6-17(14(13)2)19-18(20)11-12-24(21,22)16-9-7-15(23-3)8-10-16/h4-10H,11-12H2,1-3H3,(H,19,20). The van der Waals surface area contributed by atoms with Gasteiger partial charge in [-0.05, 0) is 55.3 Å². The van der Waals surface area contributed by atoms with Crippen molar-refractivity contribution in [1.82, 2.24) is 0 Å². The highest BCUT2D eigenvalue weighted by atomic mass is 32.2. The number of rotatable bonds is 6. The van der Waals surface area contributed by atoms with Gasteiger partial charge in [-0.25, -0.2) is 8.42 Å². The first-order chi connectivity index (χ1) is 11.3. The van der Waals surface area contributed by atoms with Crippen LogP contribution in [0.5, 0.6) is 5.75 Å². The van der Waals surface area contributed by atoms with Crippen LogP contribution in [0, 0.1) is 13.8 Å². The topological polar surface area (TPSA) is 72.5 Å². The SMILES string of the molecule is COc1ccc(S(=O)(=O)CCC(=O)Nc2cccc(C)c2C)cc1. The fourth-order valence-corrected chi connectivity index (χ4v) is 3.47. The first-order valence-corrected chi connectivity index (χ1v) is 9.21. The molecule has 0 spiro atoms. The van der Waals surface area contributed by atoms with Crippen molar-refractivity contribution < 1.29 is 17.9 Å². The lowest BCUT2D eigenvalue weighted by molar-refractivity contribution is -0.115. The van der Waals surface area contributed by atoms with Gasteiger partial charge in [-0.15, -0.1) is 0 Å². The zero-order valence-corrected chi connectivity index (χ0v) is 14.8. The normalized spacial score (nSPS) is 11.1. The summed E-state index contributed by atoms with van der Waals surface area (Å²) in [6.07, 6.45) is -0.0955. The van der Waals surface area contributed by atoms with Gasteiger partial charge in [0, 0.05) is 12.1 Å². The van der Waals surface area contributed by atoms with Crippen molar-refractivity contribution in [2.24, 2.45) is 0 Å². The van der Waals surface area contributed by atoms with Gasteiger partial charge < -0.3 is 10.1 Å². The maximum Gasteiger partial charge on any atom is 0.225 e. The van der Waals surface area contributed by atoms with Gasteiger partial charge in [0.15, 0.2) is 9.84 Å². The third-order valence-electron chi connectivity index (χ3n) is 3.90. The molecule has 6 heteroatoms. The van der Waals surface area contributed by atoms with Crippen molar-refractivity contribution in [3.8, 4) is 5.75 Å². The van der Waals surface area contributed by atoms with Gasteiger partial charge >= 0.3 is 0 Å². The van der Waals surface area contributed by atoms with Crippen LogP contribution in [0.2, 0.25) is 0 Å². The van der Waals surface area contributed by atoms with Gasteiger partial charge in [-0.3, -0.25) is 4.79 Å². The summed E-state index contributed by atoms with van der Waals surface area (Å²) in [5.74, 6) is 0.0261. The Bertz CT molecular complexity index is 827. The Morgan fingerprint density at radius 3 is 2.38 bits per heavy atom. The van der Waals surface area contributed by atoms with E-state index in [1.54, 1.807) is 18.2 Å². The molecule has 0 aromatic heterocycles. The second kappa shape index (κ2) is 7.49. The second-order valence-corrected chi connectivity index (χ2v) is 7.65. The van der Waals surface area contributed by atoms with E-state index in [0.717, 1.165) is 11.1 Å². The summed E-state index contributed by atoms with van der Waals surface area (Å²) in [5.41, 5.74) is 2.75. The Morgan fingerprint density at radius 1 is 1.08 bits per heavy atom. The third kappa shape index (κ3) is 4.35. The Labute approximate surface area is 142 Å². The van der Waals surface area contributed by atoms with Crippen molar-refractivity contribution in [2.45, 2.75) is 25.2 Å². The smallest absolute Gasteiger partial charge is 0.225 e. The minimum atomic E-state index is -3.51. The zero-order valence-electron chi connectivity index (χ0n) is 14.0. The number of ether oxygens (including phenoxy) is 1. The fraction of sp³-hybridized carbons (Fsp3) is 0.278. The van der Waals surface area contributed by atoms with Crippen molar-refractivity contribution >= 4 is 21.4 Å². The summed E-state index contributed by atoms with van der Waals surface area (Å²) in [6.45, 7) is 3.87. The molecule has 0 radical (unpaired) electrons. The maximum absolute atomic E-state index is 12.3. The minimum absolute atomic E-state index is 0.0955. The number of nitrogens with one attached hydrogen (secondary N) is 1. The zero-order chi connectivity index (χ0) is 17.7. The molecule has 0 aliphatic rings. The number of aryl methyl sites for hydroxylation is 1. The quantitative estimate of drug-likeness (QED) is 0.871. The summed E-state index contributed by atoms with van der Waals surface area (Å²) in [4.78, 5) is 12.2. The molecule has 5 nitrogen and oxygen atoms in total. The molecule has 2 rings (SSSR count). The number of carbonyl (C=O) groups excluding carboxylic acids is 1. The molecule has 0 fully saturated rings. The summed E-state index contributed by atoms with van der Waals surface area (Å²) < 4.78 is 29.6. The molecular formula is C18H21NO4S. The van der Waals surface area contributed by atoms with E-state index in [1.807, 2.05) is 26.0 Å². The second-order valence-electron chi connectivity index (χ2n) is 5.54. The van der Waals surface area contributed by atoms with Crippen LogP contribution in [-0.4, -0.2) is 27.2 Å². The number of sulfone groups is 1. The number of hydrogen-bond acceptors (Lipinski definition) is 4. The molecule has 128 valence electrons. The number of methoxy groups -OCH3 is 1. The molecule has 1 N–H and O–H groups in total. The van der Waals surface area contributed by atoms with Crippen molar-refractivity contribution in [2.75, 3.05) is 18.2 Å². The summed E-state index contributed by atoms with van der Waals surface area (Å²) in [6, 6.07) is 11.8. The summed E-state index contributed by atoms with van der Waals surface area (Å²) >= 11 is 0. The predicted octanol–water partition coefficient (Wildman–Crippen LogP) is 3.11. The molecule has 0 saturated carbocycles. The van der Waals surface area contributed by atoms with Crippen LogP contribution in [0.25, 0.3) is 0 Å². The third-order valence-corrected chi connectivity index (χ3v) is 5.63. The average Bonchev–Trinajstić information content (AvgIpc) is 2.57. The molecule has 2 aromatic rings. The highest BCUT2D eigenvalue weighted by Crippen LogP contribution is 2.19. The minimum Gasteiger partial charge on any atom is -0.497 e. The van der Waals surface area contributed by atoms with Crippen molar-refractivity contribution in [3.63, 3.8) is 0 Å². The van der Waals surface area contributed by atoms with Gasteiger partial charge in [0.1, 0.15) is 5.75 Å². The van der Waals surface area contributed by atoms with Crippen LogP contribution in [0.15, 0.2) is 47.4 Å². The highest BCUT2D eigenvalue weighted by molar-refractivity contribution is 7.91. The molecule has 0 unspecified atom stereocenters. The van der Waals surface area contributed by atoms with Crippen LogP contribution >= 0.6 is 0 Å². The number of hydrogen-bond donors (Lipinski definition) is 1.